The van der Waals surface area contributed by atoms with Crippen molar-refractivity contribution in [3.63, 3.8) is 0 Å². The van der Waals surface area contributed by atoms with Gasteiger partial charge in [-0.15, -0.1) is 0 Å². The monoisotopic (exact) mass is 311 g/mol. The fraction of sp³-hybridized carbons (Fsp3) is 0.214. The average Bonchev–Trinajstić information content (AvgIpc) is 2.51. The zero-order valence-corrected chi connectivity index (χ0v) is 11.3. The van der Waals surface area contributed by atoms with Crippen LogP contribution in [-0.2, 0) is 6.54 Å². The van der Waals surface area contributed by atoms with E-state index in [1.807, 2.05) is 0 Å². The number of halogens is 3. The number of alkyl halides is 3. The fourth-order valence-electron chi connectivity index (χ4n) is 1.57. The third kappa shape index (κ3) is 5.04. The van der Waals surface area contributed by atoms with E-state index >= 15 is 0 Å². The molecule has 116 valence electrons. The molecule has 2 heterocycles. The maximum absolute atomic E-state index is 12.1. The number of aromatic nitrogens is 2. The molecule has 0 radical (unpaired) electrons. The molecule has 0 fully saturated rings. The summed E-state index contributed by atoms with van der Waals surface area (Å²) in [5.41, 5.74) is 0.821. The first kappa shape index (κ1) is 15.7. The van der Waals surface area contributed by atoms with Crippen molar-refractivity contribution in [3.8, 4) is 5.88 Å². The number of rotatable bonds is 5. The number of nitrogens with one attached hydrogen (secondary N) is 1. The highest BCUT2D eigenvalue weighted by molar-refractivity contribution is 5.93. The highest BCUT2D eigenvalue weighted by atomic mass is 19.4. The van der Waals surface area contributed by atoms with E-state index in [2.05, 4.69) is 20.0 Å². The Balaban J connectivity index is 1.92. The predicted octanol–water partition coefficient (Wildman–Crippen LogP) is 2.35. The summed E-state index contributed by atoms with van der Waals surface area (Å²) in [6.45, 7) is -1.34. The number of carbonyl (C=O) groups excluding carboxylic acids is 1. The average molecular weight is 311 g/mol. The van der Waals surface area contributed by atoms with Crippen molar-refractivity contribution in [1.82, 2.24) is 15.3 Å². The number of amides is 1. The van der Waals surface area contributed by atoms with Crippen LogP contribution in [-0.4, -0.2) is 28.7 Å². The van der Waals surface area contributed by atoms with Crippen LogP contribution < -0.4 is 10.1 Å². The molecule has 0 aromatic carbocycles. The van der Waals surface area contributed by atoms with Gasteiger partial charge >= 0.3 is 6.18 Å². The molecule has 1 amide bonds. The maximum atomic E-state index is 12.1. The summed E-state index contributed by atoms with van der Waals surface area (Å²) < 4.78 is 40.8. The number of hydrogen-bond donors (Lipinski definition) is 1. The zero-order valence-electron chi connectivity index (χ0n) is 11.3. The SMILES string of the molecule is O=C(NCc1cccc(OCC(F)(F)F)n1)c1ccncc1. The van der Waals surface area contributed by atoms with Crippen molar-refractivity contribution >= 4 is 5.91 Å². The van der Waals surface area contributed by atoms with Gasteiger partial charge in [-0.25, -0.2) is 4.98 Å². The van der Waals surface area contributed by atoms with Gasteiger partial charge in [0.15, 0.2) is 6.61 Å². The molecular weight excluding hydrogens is 299 g/mol. The largest absolute Gasteiger partial charge is 0.468 e. The summed E-state index contributed by atoms with van der Waals surface area (Å²) in [6, 6.07) is 7.50. The molecule has 22 heavy (non-hydrogen) atoms. The van der Waals surface area contributed by atoms with E-state index in [0.29, 0.717) is 11.3 Å². The second kappa shape index (κ2) is 6.88. The molecule has 0 spiro atoms. The van der Waals surface area contributed by atoms with Gasteiger partial charge in [-0.3, -0.25) is 9.78 Å². The Labute approximate surface area is 124 Å². The van der Waals surface area contributed by atoms with Crippen LogP contribution in [0.1, 0.15) is 16.1 Å². The molecule has 0 saturated carbocycles. The van der Waals surface area contributed by atoms with E-state index in [0.717, 1.165) is 0 Å². The van der Waals surface area contributed by atoms with E-state index in [4.69, 9.17) is 0 Å². The highest BCUT2D eigenvalue weighted by Gasteiger charge is 2.28. The molecule has 2 aromatic rings. The Bertz CT molecular complexity index is 633. The summed E-state index contributed by atoms with van der Waals surface area (Å²) in [5.74, 6) is -0.473. The smallest absolute Gasteiger partial charge is 0.422 e. The summed E-state index contributed by atoms with van der Waals surface area (Å²) in [6.07, 6.45) is -1.45. The standard InChI is InChI=1S/C14H12F3N3O2/c15-14(16,17)9-22-12-3-1-2-11(20-12)8-19-13(21)10-4-6-18-7-5-10/h1-7H,8-9H2,(H,19,21). The Hall–Kier alpha value is -2.64. The van der Waals surface area contributed by atoms with Gasteiger partial charge in [0, 0.05) is 24.0 Å². The molecule has 0 saturated heterocycles. The number of hydrogen-bond acceptors (Lipinski definition) is 4. The van der Waals surface area contributed by atoms with Crippen molar-refractivity contribution in [2.45, 2.75) is 12.7 Å². The lowest BCUT2D eigenvalue weighted by Gasteiger charge is -2.09. The number of nitrogens with zero attached hydrogens (tertiary/aromatic N) is 2. The van der Waals surface area contributed by atoms with Crippen LogP contribution in [0, 0.1) is 0 Å². The van der Waals surface area contributed by atoms with Gasteiger partial charge in [0.05, 0.1) is 12.2 Å². The number of ether oxygens (including phenoxy) is 1. The van der Waals surface area contributed by atoms with Crippen molar-refractivity contribution in [2.75, 3.05) is 6.61 Å². The second-order valence-electron chi connectivity index (χ2n) is 4.29. The van der Waals surface area contributed by atoms with Crippen LogP contribution in [0.25, 0.3) is 0 Å². The van der Waals surface area contributed by atoms with Gasteiger partial charge in [0.25, 0.3) is 5.91 Å². The van der Waals surface area contributed by atoms with E-state index in [1.165, 1.54) is 24.5 Å². The van der Waals surface area contributed by atoms with Crippen LogP contribution in [0.3, 0.4) is 0 Å². The lowest BCUT2D eigenvalue weighted by molar-refractivity contribution is -0.154. The molecule has 0 bridgehead atoms. The summed E-state index contributed by atoms with van der Waals surface area (Å²) in [4.78, 5) is 19.5. The third-order valence-electron chi connectivity index (χ3n) is 2.54. The predicted molar refractivity (Wildman–Crippen MR) is 71.2 cm³/mol. The lowest BCUT2D eigenvalue weighted by atomic mass is 10.2. The Morgan fingerprint density at radius 1 is 1.18 bits per heavy atom. The van der Waals surface area contributed by atoms with E-state index in [1.54, 1.807) is 18.2 Å². The lowest BCUT2D eigenvalue weighted by Crippen LogP contribution is -2.23. The molecule has 0 aliphatic heterocycles. The van der Waals surface area contributed by atoms with E-state index < -0.39 is 12.8 Å². The zero-order chi connectivity index (χ0) is 16.0. The minimum Gasteiger partial charge on any atom is -0.468 e. The molecular formula is C14H12F3N3O2. The van der Waals surface area contributed by atoms with Gasteiger partial charge in [-0.05, 0) is 18.2 Å². The highest BCUT2D eigenvalue weighted by Crippen LogP contribution is 2.17. The first-order chi connectivity index (χ1) is 10.4. The molecule has 8 heteroatoms. The topological polar surface area (TPSA) is 64.1 Å². The van der Waals surface area contributed by atoms with Gasteiger partial charge in [-0.2, -0.15) is 13.2 Å². The molecule has 0 atom stereocenters. The van der Waals surface area contributed by atoms with Gasteiger partial charge in [0.1, 0.15) is 0 Å². The Kier molecular flexibility index (Phi) is 4.92. The van der Waals surface area contributed by atoms with Gasteiger partial charge in [-0.1, -0.05) is 6.07 Å². The van der Waals surface area contributed by atoms with Crippen LogP contribution in [0.5, 0.6) is 5.88 Å². The fourth-order valence-corrected chi connectivity index (χ4v) is 1.57. The molecule has 2 aromatic heterocycles. The molecule has 0 aliphatic carbocycles. The van der Waals surface area contributed by atoms with E-state index in [9.17, 15) is 18.0 Å². The van der Waals surface area contributed by atoms with Crippen LogP contribution in [0.15, 0.2) is 42.7 Å². The van der Waals surface area contributed by atoms with Crippen molar-refractivity contribution in [2.24, 2.45) is 0 Å². The molecule has 0 aliphatic rings. The van der Waals surface area contributed by atoms with E-state index in [-0.39, 0.29) is 18.3 Å². The van der Waals surface area contributed by atoms with Crippen LogP contribution in [0.4, 0.5) is 13.2 Å². The van der Waals surface area contributed by atoms with Crippen molar-refractivity contribution in [3.05, 3.63) is 54.0 Å². The molecule has 5 nitrogen and oxygen atoms in total. The second-order valence-corrected chi connectivity index (χ2v) is 4.29. The Morgan fingerprint density at radius 3 is 2.59 bits per heavy atom. The Morgan fingerprint density at radius 2 is 1.91 bits per heavy atom. The van der Waals surface area contributed by atoms with Gasteiger partial charge < -0.3 is 10.1 Å². The van der Waals surface area contributed by atoms with Crippen LogP contribution in [0.2, 0.25) is 0 Å². The van der Waals surface area contributed by atoms with Gasteiger partial charge in [0.2, 0.25) is 5.88 Å². The first-order valence-corrected chi connectivity index (χ1v) is 6.28. The van der Waals surface area contributed by atoms with Crippen molar-refractivity contribution in [1.29, 1.82) is 0 Å². The summed E-state index contributed by atoms with van der Waals surface area (Å²) in [7, 11) is 0. The minimum absolute atomic E-state index is 0.0738. The minimum atomic E-state index is -4.42. The number of carbonyl (C=O) groups is 1. The molecule has 0 unspecified atom stereocenters. The van der Waals surface area contributed by atoms with Crippen LogP contribution >= 0.6 is 0 Å². The third-order valence-corrected chi connectivity index (χ3v) is 2.54. The summed E-state index contributed by atoms with van der Waals surface area (Å²) >= 11 is 0. The maximum Gasteiger partial charge on any atom is 0.422 e. The molecule has 2 rings (SSSR count). The first-order valence-electron chi connectivity index (χ1n) is 6.28. The van der Waals surface area contributed by atoms with Crippen molar-refractivity contribution < 1.29 is 22.7 Å². The quantitative estimate of drug-likeness (QED) is 0.920. The molecule has 1 N–H and O–H groups in total. The number of pyridine rings is 2. The summed E-state index contributed by atoms with van der Waals surface area (Å²) in [5, 5.41) is 2.61. The normalized spacial score (nSPS) is 11.0.